The van der Waals surface area contributed by atoms with E-state index in [9.17, 15) is 19.2 Å². The molecule has 7 nitrogen and oxygen atoms in total. The number of nitrogens with one attached hydrogen (secondary N) is 1. The highest BCUT2D eigenvalue weighted by Gasteiger charge is 2.19. The molecular weight excluding hydrogens is 447 g/mol. The number of anilines is 1. The topological polar surface area (TPSA) is 96.5 Å². The Hall–Kier alpha value is -4.77. The second-order valence-corrected chi connectivity index (χ2v) is 8.02. The number of aryl methyl sites for hydroxylation is 3. The first-order valence-corrected chi connectivity index (χ1v) is 10.7. The molecule has 0 aliphatic carbocycles. The van der Waals surface area contributed by atoms with Crippen LogP contribution in [0.4, 0.5) is 10.1 Å². The monoisotopic (exact) mass is 468 g/mol. The minimum atomic E-state index is -0.759. The zero-order chi connectivity index (χ0) is 25.1. The zero-order valence-electron chi connectivity index (χ0n) is 19.3. The van der Waals surface area contributed by atoms with Crippen molar-refractivity contribution in [3.63, 3.8) is 0 Å². The van der Waals surface area contributed by atoms with Crippen LogP contribution in [0.25, 0.3) is 11.7 Å². The van der Waals surface area contributed by atoms with Gasteiger partial charge in [0.1, 0.15) is 34.4 Å². The third-order valence-electron chi connectivity index (χ3n) is 5.34. The van der Waals surface area contributed by atoms with E-state index in [-0.39, 0.29) is 17.0 Å². The molecule has 4 rings (SSSR count). The molecule has 0 aliphatic rings. The molecule has 0 saturated carbocycles. The number of halogens is 1. The summed E-state index contributed by atoms with van der Waals surface area (Å²) in [6.07, 6.45) is 2.71. The van der Waals surface area contributed by atoms with Crippen LogP contribution in [0, 0.1) is 37.9 Å². The summed E-state index contributed by atoms with van der Waals surface area (Å²) < 4.78 is 20.6. The van der Waals surface area contributed by atoms with E-state index in [4.69, 9.17) is 4.74 Å². The molecule has 0 aliphatic heterocycles. The van der Waals surface area contributed by atoms with Crippen LogP contribution in [0.15, 0.2) is 71.2 Å². The summed E-state index contributed by atoms with van der Waals surface area (Å²) in [4.78, 5) is 30.7. The second-order valence-electron chi connectivity index (χ2n) is 8.02. The number of benzene rings is 2. The highest BCUT2D eigenvalue weighted by molar-refractivity contribution is 6.09. The Kier molecular flexibility index (Phi) is 6.42. The number of nitriles is 1. The molecule has 0 bridgehead atoms. The van der Waals surface area contributed by atoms with Crippen molar-refractivity contribution in [3.05, 3.63) is 105 Å². The van der Waals surface area contributed by atoms with E-state index in [0.29, 0.717) is 17.1 Å². The molecule has 0 radical (unpaired) electrons. The lowest BCUT2D eigenvalue weighted by molar-refractivity contribution is -0.112. The summed E-state index contributed by atoms with van der Waals surface area (Å²) in [6, 6.07) is 16.0. The predicted molar refractivity (Wildman–Crippen MR) is 131 cm³/mol. The van der Waals surface area contributed by atoms with Gasteiger partial charge in [0, 0.05) is 11.9 Å². The predicted octanol–water partition coefficient (Wildman–Crippen LogP) is 5.10. The number of rotatable bonds is 5. The number of amides is 1. The van der Waals surface area contributed by atoms with E-state index in [1.54, 1.807) is 18.3 Å². The Morgan fingerprint density at radius 3 is 2.54 bits per heavy atom. The Balaban J connectivity index is 1.84. The van der Waals surface area contributed by atoms with Gasteiger partial charge in [0.15, 0.2) is 0 Å². The smallest absolute Gasteiger partial charge is 0.269 e. The van der Waals surface area contributed by atoms with Gasteiger partial charge < -0.3 is 10.1 Å². The molecule has 2 aromatic carbocycles. The van der Waals surface area contributed by atoms with Gasteiger partial charge in [-0.2, -0.15) is 10.2 Å². The van der Waals surface area contributed by atoms with E-state index < -0.39 is 17.3 Å². The molecule has 0 spiro atoms. The number of nitrogens with zero attached hydrogens (tertiary/aromatic N) is 3. The van der Waals surface area contributed by atoms with Gasteiger partial charge in [-0.25, -0.2) is 4.39 Å². The quantitative estimate of drug-likeness (QED) is 0.325. The number of hydrogen-bond donors (Lipinski definition) is 1. The van der Waals surface area contributed by atoms with E-state index in [1.165, 1.54) is 28.7 Å². The zero-order valence-corrected chi connectivity index (χ0v) is 19.3. The molecule has 1 N–H and O–H groups in total. The molecule has 0 fully saturated rings. The highest BCUT2D eigenvalue weighted by atomic mass is 19.1. The number of hydrogen-bond acceptors (Lipinski definition) is 5. The maximum absolute atomic E-state index is 13.4. The number of aromatic nitrogens is 2. The first-order valence-electron chi connectivity index (χ1n) is 10.7. The Morgan fingerprint density at radius 1 is 1.11 bits per heavy atom. The lowest BCUT2D eigenvalue weighted by Gasteiger charge is -2.13. The number of fused-ring (bicyclic) bond motifs is 1. The lowest BCUT2D eigenvalue weighted by atomic mass is 10.1. The van der Waals surface area contributed by atoms with Gasteiger partial charge in [-0.05, 0) is 74.4 Å². The maximum Gasteiger partial charge on any atom is 0.269 e. The molecule has 174 valence electrons. The number of ether oxygens (including phenoxy) is 1. The number of carbonyl (C=O) groups is 1. The Bertz CT molecular complexity index is 1580. The minimum absolute atomic E-state index is 0.0291. The fourth-order valence-corrected chi connectivity index (χ4v) is 3.54. The molecule has 8 heteroatoms. The van der Waals surface area contributed by atoms with Crippen LogP contribution in [0.5, 0.6) is 11.6 Å². The van der Waals surface area contributed by atoms with Gasteiger partial charge in [0.05, 0.1) is 0 Å². The summed E-state index contributed by atoms with van der Waals surface area (Å²) in [7, 11) is 0. The van der Waals surface area contributed by atoms with Crippen LogP contribution in [-0.2, 0) is 4.79 Å². The number of carbonyl (C=O) groups excluding carboxylic acids is 1. The van der Waals surface area contributed by atoms with E-state index >= 15 is 0 Å². The average molecular weight is 468 g/mol. The summed E-state index contributed by atoms with van der Waals surface area (Å²) in [5.41, 5.74) is 2.42. The Morgan fingerprint density at radius 2 is 1.86 bits per heavy atom. The molecule has 2 aromatic heterocycles. The van der Waals surface area contributed by atoms with Crippen LogP contribution < -0.4 is 15.6 Å². The van der Waals surface area contributed by atoms with E-state index in [1.807, 2.05) is 45.0 Å². The molecule has 35 heavy (non-hydrogen) atoms. The van der Waals surface area contributed by atoms with Gasteiger partial charge >= 0.3 is 0 Å². The van der Waals surface area contributed by atoms with Crippen molar-refractivity contribution in [2.45, 2.75) is 20.8 Å². The minimum Gasteiger partial charge on any atom is -0.438 e. The van der Waals surface area contributed by atoms with Crippen molar-refractivity contribution < 1.29 is 13.9 Å². The van der Waals surface area contributed by atoms with Crippen LogP contribution in [-0.4, -0.2) is 15.3 Å². The molecule has 0 unspecified atom stereocenters. The molecule has 4 aromatic rings. The van der Waals surface area contributed by atoms with Crippen LogP contribution >= 0.6 is 0 Å². The first-order chi connectivity index (χ1) is 16.8. The average Bonchev–Trinajstić information content (AvgIpc) is 2.83. The van der Waals surface area contributed by atoms with E-state index in [2.05, 4.69) is 10.3 Å². The molecule has 2 heterocycles. The summed E-state index contributed by atoms with van der Waals surface area (Å²) in [5, 5.41) is 12.2. The molecular formula is C27H21FN4O3. The fraction of sp³-hybridized carbons (Fsp3) is 0.111. The highest BCUT2D eigenvalue weighted by Crippen LogP contribution is 2.28. The van der Waals surface area contributed by atoms with Gasteiger partial charge in [-0.15, -0.1) is 0 Å². The lowest BCUT2D eigenvalue weighted by Crippen LogP contribution is -2.20. The largest absolute Gasteiger partial charge is 0.438 e. The van der Waals surface area contributed by atoms with Gasteiger partial charge in [-0.1, -0.05) is 23.8 Å². The van der Waals surface area contributed by atoms with Crippen LogP contribution in [0.3, 0.4) is 0 Å². The third kappa shape index (κ3) is 4.94. The van der Waals surface area contributed by atoms with Gasteiger partial charge in [0.2, 0.25) is 5.88 Å². The summed E-state index contributed by atoms with van der Waals surface area (Å²) in [6.45, 7) is 5.64. The molecule has 0 saturated heterocycles. The Labute approximate surface area is 200 Å². The van der Waals surface area contributed by atoms with Crippen LogP contribution in [0.1, 0.15) is 22.3 Å². The fourth-order valence-electron chi connectivity index (χ4n) is 3.54. The number of pyridine rings is 1. The van der Waals surface area contributed by atoms with E-state index in [0.717, 1.165) is 22.8 Å². The standard InChI is InChI=1S/C27H21FN4O3/c1-16-6-11-23(18(3)13-16)35-26-22(27(34)32-12-4-5-17(2)24(32)31-26)14-19(15-29)25(33)30-21-9-7-20(28)8-10-21/h4-14H,1-3H3,(H,30,33)/b19-14-. The van der Waals surface area contributed by atoms with Crippen molar-refractivity contribution in [2.24, 2.45) is 0 Å². The van der Waals surface area contributed by atoms with Crippen molar-refractivity contribution in [1.82, 2.24) is 9.38 Å². The summed E-state index contributed by atoms with van der Waals surface area (Å²) in [5.74, 6) is -0.758. The summed E-state index contributed by atoms with van der Waals surface area (Å²) >= 11 is 0. The van der Waals surface area contributed by atoms with Crippen molar-refractivity contribution in [2.75, 3.05) is 5.32 Å². The maximum atomic E-state index is 13.4. The third-order valence-corrected chi connectivity index (χ3v) is 5.34. The first kappa shape index (κ1) is 23.4. The van der Waals surface area contributed by atoms with Crippen molar-refractivity contribution in [3.8, 4) is 17.7 Å². The normalized spacial score (nSPS) is 11.2. The SMILES string of the molecule is Cc1ccc(Oc2nc3c(C)cccn3c(=O)c2/C=C(/C#N)C(=O)Nc2ccc(F)cc2)c(C)c1. The van der Waals surface area contributed by atoms with Gasteiger partial charge in [-0.3, -0.25) is 14.0 Å². The van der Waals surface area contributed by atoms with Crippen molar-refractivity contribution in [1.29, 1.82) is 5.26 Å². The van der Waals surface area contributed by atoms with Gasteiger partial charge in [0.25, 0.3) is 11.5 Å². The van der Waals surface area contributed by atoms with Crippen molar-refractivity contribution >= 4 is 23.3 Å². The molecule has 1 amide bonds. The molecule has 0 atom stereocenters. The van der Waals surface area contributed by atoms with Crippen LogP contribution in [0.2, 0.25) is 0 Å². The second kappa shape index (κ2) is 9.61.